The summed E-state index contributed by atoms with van der Waals surface area (Å²) < 4.78 is 2.13. The molecule has 0 spiro atoms. The summed E-state index contributed by atoms with van der Waals surface area (Å²) in [6.45, 7) is 1.23. The van der Waals surface area contributed by atoms with Crippen LogP contribution in [0.5, 0.6) is 0 Å². The van der Waals surface area contributed by atoms with Gasteiger partial charge in [-0.2, -0.15) is 0 Å². The predicted molar refractivity (Wildman–Crippen MR) is 131 cm³/mol. The standard InChI is InChI=1S/C15H14I4N2O6/c1-2-5(15(26)27)3-20-13(24)7-9(16)11(18)8(12(19)10(7)17)14(25)21-4-6(22)23/h5H,2-4H2,1H3,(H,20,24)(H,21,25)(H,22,23)(H,26,27). The van der Waals surface area contributed by atoms with Gasteiger partial charge < -0.3 is 20.8 Å². The third-order valence-corrected chi connectivity index (χ3v) is 9.85. The van der Waals surface area contributed by atoms with E-state index in [0.29, 0.717) is 31.8 Å². The van der Waals surface area contributed by atoms with Crippen molar-refractivity contribution in [3.8, 4) is 0 Å². The van der Waals surface area contributed by atoms with E-state index in [-0.39, 0.29) is 6.54 Å². The summed E-state index contributed by atoms with van der Waals surface area (Å²) in [6, 6.07) is 0. The number of amides is 2. The van der Waals surface area contributed by atoms with Crippen LogP contribution in [0.3, 0.4) is 0 Å². The lowest BCUT2D eigenvalue weighted by Crippen LogP contribution is -2.35. The molecule has 0 aliphatic heterocycles. The van der Waals surface area contributed by atoms with Crippen molar-refractivity contribution in [3.05, 3.63) is 25.4 Å². The number of hydrogen-bond donors (Lipinski definition) is 4. The Morgan fingerprint density at radius 1 is 0.852 bits per heavy atom. The highest BCUT2D eigenvalue weighted by molar-refractivity contribution is 14.1. The molecule has 0 aromatic heterocycles. The maximum Gasteiger partial charge on any atom is 0.322 e. The Morgan fingerprint density at radius 2 is 1.26 bits per heavy atom. The molecule has 12 heteroatoms. The molecule has 1 aromatic carbocycles. The average molecular weight is 826 g/mol. The lowest BCUT2D eigenvalue weighted by Gasteiger charge is -2.17. The van der Waals surface area contributed by atoms with E-state index in [1.165, 1.54) is 0 Å². The largest absolute Gasteiger partial charge is 0.481 e. The normalized spacial score (nSPS) is 11.6. The Kier molecular flexibility index (Phi) is 10.5. The first kappa shape index (κ1) is 25.1. The van der Waals surface area contributed by atoms with Gasteiger partial charge in [-0.3, -0.25) is 19.2 Å². The number of benzene rings is 1. The summed E-state index contributed by atoms with van der Waals surface area (Å²) in [5, 5.41) is 22.8. The molecule has 0 fully saturated rings. The van der Waals surface area contributed by atoms with Gasteiger partial charge in [-0.15, -0.1) is 0 Å². The van der Waals surface area contributed by atoms with Crippen LogP contribution in [-0.2, 0) is 9.59 Å². The molecule has 1 aromatic rings. The Morgan fingerprint density at radius 3 is 1.59 bits per heavy atom. The average Bonchev–Trinajstić information content (AvgIpc) is 2.58. The topological polar surface area (TPSA) is 133 Å². The summed E-state index contributed by atoms with van der Waals surface area (Å²) in [7, 11) is 0. The summed E-state index contributed by atoms with van der Waals surface area (Å²) in [5.74, 6) is -3.76. The second-order valence-corrected chi connectivity index (χ2v) is 9.55. The molecule has 0 heterocycles. The number of halogens is 4. The maximum absolute atomic E-state index is 12.6. The van der Waals surface area contributed by atoms with E-state index in [1.807, 2.05) is 90.4 Å². The fraction of sp³-hybridized carbons (Fsp3) is 0.333. The number of hydrogen-bond acceptors (Lipinski definition) is 4. The number of nitrogens with one attached hydrogen (secondary N) is 2. The fourth-order valence-electron chi connectivity index (χ4n) is 1.99. The number of rotatable bonds is 8. The van der Waals surface area contributed by atoms with Gasteiger partial charge in [0.25, 0.3) is 11.8 Å². The van der Waals surface area contributed by atoms with Gasteiger partial charge in [-0.05, 0) is 96.8 Å². The smallest absolute Gasteiger partial charge is 0.322 e. The molecule has 1 atom stereocenters. The molecule has 1 unspecified atom stereocenters. The molecular weight excluding hydrogens is 812 g/mol. The number of carboxylic acid groups (broad SMARTS) is 2. The molecule has 4 N–H and O–H groups in total. The zero-order valence-corrected chi connectivity index (χ0v) is 22.4. The number of aliphatic carboxylic acids is 2. The summed E-state index contributed by atoms with van der Waals surface area (Å²) in [6.07, 6.45) is 0.390. The predicted octanol–water partition coefficient (Wildman–Crippen LogP) is 2.76. The lowest BCUT2D eigenvalue weighted by atomic mass is 10.1. The molecular formula is C15H14I4N2O6. The first-order valence-electron chi connectivity index (χ1n) is 7.39. The van der Waals surface area contributed by atoms with E-state index in [0.717, 1.165) is 0 Å². The van der Waals surface area contributed by atoms with E-state index in [4.69, 9.17) is 10.2 Å². The van der Waals surface area contributed by atoms with E-state index in [2.05, 4.69) is 10.6 Å². The zero-order valence-electron chi connectivity index (χ0n) is 13.7. The van der Waals surface area contributed by atoms with E-state index in [9.17, 15) is 19.2 Å². The van der Waals surface area contributed by atoms with Crippen molar-refractivity contribution in [1.29, 1.82) is 0 Å². The molecule has 27 heavy (non-hydrogen) atoms. The van der Waals surface area contributed by atoms with Gasteiger partial charge in [0.15, 0.2) is 0 Å². The number of carbonyl (C=O) groups excluding carboxylic acids is 2. The molecule has 0 aliphatic carbocycles. The van der Waals surface area contributed by atoms with E-state index < -0.39 is 36.2 Å². The summed E-state index contributed by atoms with van der Waals surface area (Å²) in [4.78, 5) is 46.8. The Labute approximate surface area is 209 Å². The minimum absolute atomic E-state index is 0.00480. The maximum atomic E-state index is 12.6. The molecule has 0 saturated heterocycles. The van der Waals surface area contributed by atoms with Crippen molar-refractivity contribution >= 4 is 114 Å². The van der Waals surface area contributed by atoms with Gasteiger partial charge in [-0.25, -0.2) is 0 Å². The second kappa shape index (κ2) is 11.3. The zero-order chi connectivity index (χ0) is 20.9. The van der Waals surface area contributed by atoms with Crippen molar-refractivity contribution in [2.24, 2.45) is 5.92 Å². The Bertz CT molecular complexity index is 770. The van der Waals surface area contributed by atoms with Crippen LogP contribution >= 0.6 is 90.4 Å². The minimum atomic E-state index is -1.15. The molecule has 0 bridgehead atoms. The SMILES string of the molecule is CCC(CNC(=O)c1c(I)c(I)c(C(=O)NCC(=O)O)c(I)c1I)C(=O)O. The summed E-state index contributed by atoms with van der Waals surface area (Å²) >= 11 is 7.79. The van der Waals surface area contributed by atoms with Gasteiger partial charge in [-0.1, -0.05) is 6.92 Å². The molecule has 0 aliphatic rings. The van der Waals surface area contributed by atoms with Crippen molar-refractivity contribution in [3.63, 3.8) is 0 Å². The molecule has 0 radical (unpaired) electrons. The Hall–Kier alpha value is 0.0200. The number of carboxylic acids is 2. The molecule has 0 saturated carbocycles. The fourth-order valence-corrected chi connectivity index (χ4v) is 6.15. The van der Waals surface area contributed by atoms with Crippen LogP contribution in [0.2, 0.25) is 0 Å². The third-order valence-electron chi connectivity index (χ3n) is 3.47. The van der Waals surface area contributed by atoms with Crippen molar-refractivity contribution in [2.75, 3.05) is 13.1 Å². The lowest BCUT2D eigenvalue weighted by molar-refractivity contribution is -0.141. The monoisotopic (exact) mass is 826 g/mol. The van der Waals surface area contributed by atoms with Gasteiger partial charge in [0, 0.05) is 20.8 Å². The quantitative estimate of drug-likeness (QED) is 0.236. The van der Waals surface area contributed by atoms with Crippen molar-refractivity contribution in [1.82, 2.24) is 10.6 Å². The highest BCUT2D eigenvalue weighted by Gasteiger charge is 2.27. The first-order valence-corrected chi connectivity index (χ1v) is 11.7. The van der Waals surface area contributed by atoms with Crippen LogP contribution < -0.4 is 10.6 Å². The van der Waals surface area contributed by atoms with Crippen molar-refractivity contribution < 1.29 is 29.4 Å². The third kappa shape index (κ3) is 6.51. The van der Waals surface area contributed by atoms with Crippen LogP contribution in [0.15, 0.2) is 0 Å². The molecule has 1 rings (SSSR count). The van der Waals surface area contributed by atoms with E-state index in [1.54, 1.807) is 6.92 Å². The van der Waals surface area contributed by atoms with Crippen LogP contribution in [-0.4, -0.2) is 47.1 Å². The van der Waals surface area contributed by atoms with Gasteiger partial charge >= 0.3 is 11.9 Å². The Balaban J connectivity index is 3.21. The molecule has 148 valence electrons. The molecule has 8 nitrogen and oxygen atoms in total. The van der Waals surface area contributed by atoms with Crippen LogP contribution in [0.1, 0.15) is 34.1 Å². The van der Waals surface area contributed by atoms with Crippen LogP contribution in [0, 0.1) is 20.2 Å². The van der Waals surface area contributed by atoms with Gasteiger partial charge in [0.05, 0.1) is 17.0 Å². The van der Waals surface area contributed by atoms with E-state index >= 15 is 0 Å². The highest BCUT2D eigenvalue weighted by Crippen LogP contribution is 2.33. The first-order chi connectivity index (χ1) is 12.5. The van der Waals surface area contributed by atoms with Gasteiger partial charge in [0.2, 0.25) is 0 Å². The number of carbonyl (C=O) groups is 4. The second-order valence-electron chi connectivity index (χ2n) is 5.24. The van der Waals surface area contributed by atoms with Gasteiger partial charge in [0.1, 0.15) is 6.54 Å². The van der Waals surface area contributed by atoms with Crippen LogP contribution in [0.4, 0.5) is 0 Å². The van der Waals surface area contributed by atoms with Crippen LogP contribution in [0.25, 0.3) is 0 Å². The van der Waals surface area contributed by atoms with Crippen molar-refractivity contribution in [2.45, 2.75) is 13.3 Å². The highest BCUT2D eigenvalue weighted by atomic mass is 127. The molecule has 2 amide bonds. The summed E-state index contributed by atoms with van der Waals surface area (Å²) in [5.41, 5.74) is 0.666. The minimum Gasteiger partial charge on any atom is -0.481 e.